The van der Waals surface area contributed by atoms with Crippen molar-refractivity contribution < 1.29 is 9.53 Å². The summed E-state index contributed by atoms with van der Waals surface area (Å²) in [4.78, 5) is 10.5. The minimum atomic E-state index is -0.468. The lowest BCUT2D eigenvalue weighted by Crippen LogP contribution is -2.00. The average Bonchev–Trinajstić information content (AvgIpc) is 1.87. The van der Waals surface area contributed by atoms with Gasteiger partial charge in [-0.3, -0.25) is 0 Å². The standard InChI is InChI=1S/C7H8O2/c1-4-5-6(2)7(8)9-3/h2H2,1,3H3. The van der Waals surface area contributed by atoms with Gasteiger partial charge in [0.15, 0.2) is 0 Å². The van der Waals surface area contributed by atoms with E-state index >= 15 is 0 Å². The van der Waals surface area contributed by atoms with Crippen LogP contribution in [0.5, 0.6) is 0 Å². The third-order valence-electron chi connectivity index (χ3n) is 0.708. The molecule has 0 aliphatic rings. The van der Waals surface area contributed by atoms with Crippen molar-refractivity contribution in [2.24, 2.45) is 0 Å². The van der Waals surface area contributed by atoms with E-state index in [-0.39, 0.29) is 5.57 Å². The van der Waals surface area contributed by atoms with E-state index < -0.39 is 5.97 Å². The minimum absolute atomic E-state index is 0.194. The van der Waals surface area contributed by atoms with Crippen molar-refractivity contribution in [3.8, 4) is 11.8 Å². The molecule has 0 aliphatic heterocycles. The Hall–Kier alpha value is -1.23. The quantitative estimate of drug-likeness (QED) is 0.293. The molecule has 0 aliphatic carbocycles. The summed E-state index contributed by atoms with van der Waals surface area (Å²) in [5.41, 5.74) is 0.194. The fraction of sp³-hybridized carbons (Fsp3) is 0.286. The molecule has 0 aromatic heterocycles. The Morgan fingerprint density at radius 3 is 2.56 bits per heavy atom. The molecule has 2 heteroatoms. The lowest BCUT2D eigenvalue weighted by Gasteiger charge is -1.91. The number of hydrogen-bond acceptors (Lipinski definition) is 2. The highest BCUT2D eigenvalue weighted by Crippen LogP contribution is 1.88. The van der Waals surface area contributed by atoms with Gasteiger partial charge in [0.2, 0.25) is 0 Å². The van der Waals surface area contributed by atoms with Crippen LogP contribution >= 0.6 is 0 Å². The summed E-state index contributed by atoms with van der Waals surface area (Å²) < 4.78 is 4.32. The van der Waals surface area contributed by atoms with E-state index in [9.17, 15) is 4.79 Å². The van der Waals surface area contributed by atoms with Crippen LogP contribution in [0.1, 0.15) is 6.92 Å². The van der Waals surface area contributed by atoms with Crippen LogP contribution in [0.4, 0.5) is 0 Å². The van der Waals surface area contributed by atoms with Crippen LogP contribution in [-0.4, -0.2) is 13.1 Å². The molecule has 2 nitrogen and oxygen atoms in total. The Balaban J connectivity index is 4.00. The zero-order valence-corrected chi connectivity index (χ0v) is 5.52. The molecular weight excluding hydrogens is 116 g/mol. The van der Waals surface area contributed by atoms with Gasteiger partial charge >= 0.3 is 5.97 Å². The Bertz CT molecular complexity index is 181. The number of methoxy groups -OCH3 is 1. The zero-order chi connectivity index (χ0) is 7.28. The van der Waals surface area contributed by atoms with Crippen LogP contribution in [0.25, 0.3) is 0 Å². The molecular formula is C7H8O2. The van der Waals surface area contributed by atoms with E-state index in [2.05, 4.69) is 23.2 Å². The molecule has 0 saturated heterocycles. The maximum absolute atomic E-state index is 10.5. The van der Waals surface area contributed by atoms with Crippen LogP contribution in [-0.2, 0) is 9.53 Å². The Morgan fingerprint density at radius 1 is 1.67 bits per heavy atom. The van der Waals surface area contributed by atoms with Crippen molar-refractivity contribution >= 4 is 5.97 Å². The van der Waals surface area contributed by atoms with Gasteiger partial charge in [0.1, 0.15) is 5.57 Å². The molecule has 0 bridgehead atoms. The van der Waals surface area contributed by atoms with Gasteiger partial charge in [-0.05, 0) is 6.92 Å². The molecule has 0 rings (SSSR count). The first-order chi connectivity index (χ1) is 4.22. The molecule has 48 valence electrons. The second-order valence-corrected chi connectivity index (χ2v) is 1.35. The molecule has 0 amide bonds. The van der Waals surface area contributed by atoms with Gasteiger partial charge in [-0.25, -0.2) is 4.79 Å². The molecule has 0 aromatic carbocycles. The third-order valence-corrected chi connectivity index (χ3v) is 0.708. The Morgan fingerprint density at radius 2 is 2.22 bits per heavy atom. The fourth-order valence-corrected chi connectivity index (χ4v) is 0.325. The van der Waals surface area contributed by atoms with Gasteiger partial charge in [0.25, 0.3) is 0 Å². The van der Waals surface area contributed by atoms with E-state index in [0.717, 1.165) is 0 Å². The maximum Gasteiger partial charge on any atom is 0.345 e. The molecule has 0 heterocycles. The van der Waals surface area contributed by atoms with Gasteiger partial charge in [-0.2, -0.15) is 0 Å². The largest absolute Gasteiger partial charge is 0.465 e. The molecule has 0 aromatic rings. The molecule has 9 heavy (non-hydrogen) atoms. The van der Waals surface area contributed by atoms with Crippen molar-refractivity contribution in [1.29, 1.82) is 0 Å². The third kappa shape index (κ3) is 2.55. The van der Waals surface area contributed by atoms with Crippen molar-refractivity contribution in [3.63, 3.8) is 0 Å². The molecule has 0 saturated carbocycles. The normalized spacial score (nSPS) is 6.89. The molecule has 0 spiro atoms. The monoisotopic (exact) mass is 124 g/mol. The number of esters is 1. The molecule has 0 N–H and O–H groups in total. The Labute approximate surface area is 54.5 Å². The SMILES string of the molecule is C=C(C#CC)C(=O)OC. The van der Waals surface area contributed by atoms with Gasteiger partial charge in [0.05, 0.1) is 7.11 Å². The zero-order valence-electron chi connectivity index (χ0n) is 5.52. The van der Waals surface area contributed by atoms with E-state index in [0.29, 0.717) is 0 Å². The van der Waals surface area contributed by atoms with E-state index in [1.165, 1.54) is 7.11 Å². The van der Waals surface area contributed by atoms with Gasteiger partial charge in [-0.15, -0.1) is 5.92 Å². The summed E-state index contributed by atoms with van der Waals surface area (Å²) in [6, 6.07) is 0. The van der Waals surface area contributed by atoms with Crippen molar-refractivity contribution in [2.75, 3.05) is 7.11 Å². The predicted octanol–water partition coefficient (Wildman–Crippen LogP) is 0.739. The van der Waals surface area contributed by atoms with Crippen molar-refractivity contribution in [1.82, 2.24) is 0 Å². The number of hydrogen-bond donors (Lipinski definition) is 0. The summed E-state index contributed by atoms with van der Waals surface area (Å²) in [6.07, 6.45) is 0. The highest BCUT2D eigenvalue weighted by molar-refractivity contribution is 5.92. The lowest BCUT2D eigenvalue weighted by molar-refractivity contribution is -0.135. The predicted molar refractivity (Wildman–Crippen MR) is 34.6 cm³/mol. The van der Waals surface area contributed by atoms with Crippen LogP contribution in [0.3, 0.4) is 0 Å². The minimum Gasteiger partial charge on any atom is -0.465 e. The topological polar surface area (TPSA) is 26.3 Å². The van der Waals surface area contributed by atoms with E-state index in [1.54, 1.807) is 6.92 Å². The van der Waals surface area contributed by atoms with Crippen LogP contribution in [0, 0.1) is 11.8 Å². The molecule has 0 atom stereocenters. The number of ether oxygens (including phenoxy) is 1. The summed E-state index contributed by atoms with van der Waals surface area (Å²) in [6.45, 7) is 5.00. The van der Waals surface area contributed by atoms with E-state index in [1.807, 2.05) is 0 Å². The van der Waals surface area contributed by atoms with Crippen molar-refractivity contribution in [3.05, 3.63) is 12.2 Å². The highest BCUT2D eigenvalue weighted by atomic mass is 16.5. The summed E-state index contributed by atoms with van der Waals surface area (Å²) >= 11 is 0. The highest BCUT2D eigenvalue weighted by Gasteiger charge is 1.99. The van der Waals surface area contributed by atoms with Crippen molar-refractivity contribution in [2.45, 2.75) is 6.92 Å². The Kier molecular flexibility index (Phi) is 3.22. The summed E-state index contributed by atoms with van der Waals surface area (Å²) in [5.74, 6) is 4.54. The summed E-state index contributed by atoms with van der Waals surface area (Å²) in [7, 11) is 1.30. The second kappa shape index (κ2) is 3.73. The second-order valence-electron chi connectivity index (χ2n) is 1.35. The molecule has 0 fully saturated rings. The summed E-state index contributed by atoms with van der Waals surface area (Å²) in [5, 5.41) is 0. The number of carbonyl (C=O) groups excluding carboxylic acids is 1. The van der Waals surface area contributed by atoms with Crippen LogP contribution in [0.15, 0.2) is 12.2 Å². The first-order valence-electron chi connectivity index (χ1n) is 2.42. The molecule has 0 radical (unpaired) electrons. The van der Waals surface area contributed by atoms with E-state index in [4.69, 9.17) is 0 Å². The first-order valence-corrected chi connectivity index (χ1v) is 2.42. The molecule has 0 unspecified atom stereocenters. The average molecular weight is 124 g/mol. The number of carbonyl (C=O) groups is 1. The lowest BCUT2D eigenvalue weighted by atomic mass is 10.3. The maximum atomic E-state index is 10.5. The van der Waals surface area contributed by atoms with Crippen LogP contribution < -0.4 is 0 Å². The van der Waals surface area contributed by atoms with Crippen LogP contribution in [0.2, 0.25) is 0 Å². The first kappa shape index (κ1) is 7.77. The number of rotatable bonds is 1. The van der Waals surface area contributed by atoms with Gasteiger partial charge in [-0.1, -0.05) is 12.5 Å². The van der Waals surface area contributed by atoms with Gasteiger partial charge < -0.3 is 4.74 Å². The van der Waals surface area contributed by atoms with Gasteiger partial charge in [0, 0.05) is 0 Å². The fourth-order valence-electron chi connectivity index (χ4n) is 0.325. The smallest absolute Gasteiger partial charge is 0.345 e.